The Morgan fingerprint density at radius 2 is 2.15 bits per heavy atom. The molecule has 20 heavy (non-hydrogen) atoms. The first-order valence-corrected chi connectivity index (χ1v) is 8.28. The highest BCUT2D eigenvalue weighted by atomic mass is 79.9. The Kier molecular flexibility index (Phi) is 3.00. The van der Waals surface area contributed by atoms with Crippen molar-refractivity contribution in [2.45, 2.75) is 12.3 Å². The van der Waals surface area contributed by atoms with Crippen LogP contribution in [0.5, 0.6) is 0 Å². The van der Waals surface area contributed by atoms with Crippen LogP contribution in [0.1, 0.15) is 16.5 Å². The largest absolute Gasteiger partial charge is 0.384 e. The lowest BCUT2D eigenvalue weighted by atomic mass is 9.98. The summed E-state index contributed by atoms with van der Waals surface area (Å²) in [5.41, 5.74) is 3.80. The molecule has 2 nitrogen and oxygen atoms in total. The molecule has 2 heterocycles. The van der Waals surface area contributed by atoms with Crippen molar-refractivity contribution in [2.75, 3.05) is 11.9 Å². The van der Waals surface area contributed by atoms with E-state index < -0.39 is 0 Å². The average Bonchev–Trinajstić information content (AvgIpc) is 3.03. The van der Waals surface area contributed by atoms with Gasteiger partial charge in [0.25, 0.3) is 0 Å². The molecule has 1 aromatic heterocycles. The minimum absolute atomic E-state index is 0.537. The van der Waals surface area contributed by atoms with Crippen LogP contribution in [0.15, 0.2) is 46.9 Å². The molecule has 0 saturated carbocycles. The van der Waals surface area contributed by atoms with E-state index in [4.69, 9.17) is 4.98 Å². The van der Waals surface area contributed by atoms with Crippen LogP contribution in [-0.2, 0) is 6.42 Å². The quantitative estimate of drug-likeness (QED) is 0.721. The number of aromatic nitrogens is 1. The Hall–Kier alpha value is -1.39. The standard InChI is InChI=1S/C16H13BrN2S/c17-11-5-6-15-14(8-11)19-16(20-15)7-10-9-18-13-4-2-1-3-12(10)13/h1-6,8,10,18H,7,9H2. The molecular formula is C16H13BrN2S. The van der Waals surface area contributed by atoms with E-state index in [9.17, 15) is 0 Å². The lowest BCUT2D eigenvalue weighted by molar-refractivity contribution is 0.749. The molecule has 1 aliphatic rings. The fraction of sp³-hybridized carbons (Fsp3) is 0.188. The molecule has 100 valence electrons. The van der Waals surface area contributed by atoms with Crippen LogP contribution in [0.4, 0.5) is 5.69 Å². The fourth-order valence-electron chi connectivity index (χ4n) is 2.79. The van der Waals surface area contributed by atoms with Crippen LogP contribution in [-0.4, -0.2) is 11.5 Å². The van der Waals surface area contributed by atoms with Gasteiger partial charge in [-0.1, -0.05) is 34.1 Å². The Labute approximate surface area is 130 Å². The SMILES string of the molecule is Brc1ccc2sc(CC3CNc4ccccc43)nc2c1. The third-order valence-corrected chi connectivity index (χ3v) is 5.31. The number of hydrogen-bond acceptors (Lipinski definition) is 3. The minimum Gasteiger partial charge on any atom is -0.384 e. The molecule has 0 aliphatic carbocycles. The summed E-state index contributed by atoms with van der Waals surface area (Å²) in [7, 11) is 0. The van der Waals surface area contributed by atoms with Gasteiger partial charge in [0, 0.05) is 29.0 Å². The summed E-state index contributed by atoms with van der Waals surface area (Å²) in [5.74, 6) is 0.537. The Balaban J connectivity index is 1.65. The van der Waals surface area contributed by atoms with Gasteiger partial charge in [-0.05, 0) is 29.8 Å². The fourth-order valence-corrected chi connectivity index (χ4v) is 4.16. The zero-order chi connectivity index (χ0) is 13.5. The summed E-state index contributed by atoms with van der Waals surface area (Å²) in [6.07, 6.45) is 1.01. The van der Waals surface area contributed by atoms with Crippen molar-refractivity contribution in [3.05, 3.63) is 57.5 Å². The van der Waals surface area contributed by atoms with Crippen LogP contribution >= 0.6 is 27.3 Å². The second-order valence-electron chi connectivity index (χ2n) is 5.09. The number of para-hydroxylation sites is 1. The van der Waals surface area contributed by atoms with Gasteiger partial charge in [-0.25, -0.2) is 4.98 Å². The molecular weight excluding hydrogens is 332 g/mol. The number of nitrogens with zero attached hydrogens (tertiary/aromatic N) is 1. The minimum atomic E-state index is 0.537. The van der Waals surface area contributed by atoms with Crippen molar-refractivity contribution < 1.29 is 0 Å². The van der Waals surface area contributed by atoms with Crippen LogP contribution in [0, 0.1) is 0 Å². The lowest BCUT2D eigenvalue weighted by Crippen LogP contribution is -2.05. The summed E-state index contributed by atoms with van der Waals surface area (Å²) in [4.78, 5) is 4.77. The molecule has 0 fully saturated rings. The molecule has 4 rings (SSSR count). The van der Waals surface area contributed by atoms with Crippen molar-refractivity contribution in [2.24, 2.45) is 0 Å². The molecule has 1 aliphatic heterocycles. The zero-order valence-electron chi connectivity index (χ0n) is 10.8. The maximum Gasteiger partial charge on any atom is 0.0945 e. The van der Waals surface area contributed by atoms with E-state index in [1.54, 1.807) is 0 Å². The van der Waals surface area contributed by atoms with Gasteiger partial charge in [-0.3, -0.25) is 0 Å². The smallest absolute Gasteiger partial charge is 0.0945 e. The van der Waals surface area contributed by atoms with Crippen LogP contribution in [0.25, 0.3) is 10.2 Å². The average molecular weight is 345 g/mol. The van der Waals surface area contributed by atoms with E-state index in [1.165, 1.54) is 21.0 Å². The number of fused-ring (bicyclic) bond motifs is 2. The first kappa shape index (κ1) is 12.4. The number of halogens is 1. The first-order chi connectivity index (χ1) is 9.79. The second kappa shape index (κ2) is 4.86. The van der Waals surface area contributed by atoms with Crippen molar-refractivity contribution >= 4 is 43.2 Å². The van der Waals surface area contributed by atoms with Crippen LogP contribution in [0.2, 0.25) is 0 Å². The van der Waals surface area contributed by atoms with E-state index in [2.05, 4.69) is 63.7 Å². The van der Waals surface area contributed by atoms with Crippen molar-refractivity contribution in [3.63, 3.8) is 0 Å². The van der Waals surface area contributed by atoms with E-state index in [0.29, 0.717) is 5.92 Å². The summed E-state index contributed by atoms with van der Waals surface area (Å²) in [6, 6.07) is 14.9. The monoisotopic (exact) mass is 344 g/mol. The maximum absolute atomic E-state index is 4.77. The Morgan fingerprint density at radius 3 is 3.10 bits per heavy atom. The highest BCUT2D eigenvalue weighted by Gasteiger charge is 2.22. The summed E-state index contributed by atoms with van der Waals surface area (Å²) in [6.45, 7) is 1.01. The highest BCUT2D eigenvalue weighted by Crippen LogP contribution is 2.35. The van der Waals surface area contributed by atoms with Gasteiger partial charge in [0.1, 0.15) is 0 Å². The third-order valence-electron chi connectivity index (χ3n) is 3.75. The molecule has 4 heteroatoms. The van der Waals surface area contributed by atoms with Crippen LogP contribution in [0.3, 0.4) is 0 Å². The second-order valence-corrected chi connectivity index (χ2v) is 7.12. The van der Waals surface area contributed by atoms with E-state index >= 15 is 0 Å². The topological polar surface area (TPSA) is 24.9 Å². The van der Waals surface area contributed by atoms with Crippen LogP contribution < -0.4 is 5.32 Å². The summed E-state index contributed by atoms with van der Waals surface area (Å²) < 4.78 is 2.36. The van der Waals surface area contributed by atoms with E-state index in [-0.39, 0.29) is 0 Å². The number of hydrogen-bond donors (Lipinski definition) is 1. The number of thiazole rings is 1. The zero-order valence-corrected chi connectivity index (χ0v) is 13.2. The molecule has 0 radical (unpaired) electrons. The van der Waals surface area contributed by atoms with Gasteiger partial charge in [-0.15, -0.1) is 11.3 Å². The first-order valence-electron chi connectivity index (χ1n) is 6.67. The normalized spacial score (nSPS) is 17.1. The van der Waals surface area contributed by atoms with Gasteiger partial charge in [0.2, 0.25) is 0 Å². The number of benzene rings is 2. The lowest BCUT2D eigenvalue weighted by Gasteiger charge is -2.07. The number of rotatable bonds is 2. The van der Waals surface area contributed by atoms with Gasteiger partial charge in [0.15, 0.2) is 0 Å². The van der Waals surface area contributed by atoms with Gasteiger partial charge < -0.3 is 5.32 Å². The molecule has 0 spiro atoms. The van der Waals surface area contributed by atoms with Crippen molar-refractivity contribution in [3.8, 4) is 0 Å². The van der Waals surface area contributed by atoms with E-state index in [0.717, 1.165) is 23.0 Å². The predicted molar refractivity (Wildman–Crippen MR) is 88.7 cm³/mol. The molecule has 1 N–H and O–H groups in total. The van der Waals surface area contributed by atoms with Crippen molar-refractivity contribution in [1.82, 2.24) is 4.98 Å². The predicted octanol–water partition coefficient (Wildman–Crippen LogP) is 4.81. The molecule has 3 aromatic rings. The summed E-state index contributed by atoms with van der Waals surface area (Å²) in [5, 5.41) is 4.71. The van der Waals surface area contributed by atoms with Gasteiger partial charge in [-0.2, -0.15) is 0 Å². The molecule has 0 saturated heterocycles. The maximum atomic E-state index is 4.77. The summed E-state index contributed by atoms with van der Waals surface area (Å²) >= 11 is 5.31. The molecule has 0 bridgehead atoms. The number of nitrogens with one attached hydrogen (secondary N) is 1. The molecule has 1 atom stereocenters. The molecule has 0 amide bonds. The van der Waals surface area contributed by atoms with Crippen molar-refractivity contribution in [1.29, 1.82) is 0 Å². The van der Waals surface area contributed by atoms with E-state index in [1.807, 2.05) is 11.3 Å². The highest BCUT2D eigenvalue weighted by molar-refractivity contribution is 9.10. The Bertz CT molecular complexity index is 781. The number of anilines is 1. The molecule has 2 aromatic carbocycles. The molecule has 1 unspecified atom stereocenters. The Morgan fingerprint density at radius 1 is 1.25 bits per heavy atom. The third kappa shape index (κ3) is 2.13. The van der Waals surface area contributed by atoms with Gasteiger partial charge >= 0.3 is 0 Å². The van der Waals surface area contributed by atoms with Gasteiger partial charge in [0.05, 0.1) is 15.2 Å².